The molecule has 1 saturated heterocycles. The summed E-state index contributed by atoms with van der Waals surface area (Å²) >= 11 is 0. The Morgan fingerprint density at radius 3 is 2.45 bits per heavy atom. The van der Waals surface area contributed by atoms with Crippen molar-refractivity contribution < 1.29 is 18.0 Å². The van der Waals surface area contributed by atoms with Gasteiger partial charge in [-0.05, 0) is 62.5 Å². The van der Waals surface area contributed by atoms with Crippen molar-refractivity contribution in [3.63, 3.8) is 0 Å². The van der Waals surface area contributed by atoms with E-state index in [0.29, 0.717) is 6.42 Å². The van der Waals surface area contributed by atoms with E-state index in [9.17, 15) is 18.0 Å². The molecule has 1 amide bonds. The zero-order valence-electron chi connectivity index (χ0n) is 12.6. The van der Waals surface area contributed by atoms with Crippen LogP contribution < -0.4 is 5.73 Å². The zero-order valence-corrected chi connectivity index (χ0v) is 12.6. The van der Waals surface area contributed by atoms with Crippen LogP contribution in [0.3, 0.4) is 0 Å². The molecule has 1 aromatic carbocycles. The highest BCUT2D eigenvalue weighted by Gasteiger charge is 2.34. The van der Waals surface area contributed by atoms with E-state index in [-0.39, 0.29) is 17.0 Å². The number of amides is 1. The van der Waals surface area contributed by atoms with Gasteiger partial charge in [0.2, 0.25) is 5.91 Å². The number of carbonyl (C=O) groups excluding carboxylic acids is 1. The summed E-state index contributed by atoms with van der Waals surface area (Å²) in [5.74, 6) is -0.586. The molecular formula is C16H21F3N2O. The summed E-state index contributed by atoms with van der Waals surface area (Å²) in [7, 11) is 0. The number of carbonyl (C=O) groups is 1. The Labute approximate surface area is 128 Å². The predicted molar refractivity (Wildman–Crippen MR) is 78.5 cm³/mol. The third kappa shape index (κ3) is 4.00. The lowest BCUT2D eigenvalue weighted by molar-refractivity contribution is -0.138. The molecule has 2 rings (SSSR count). The first-order chi connectivity index (χ1) is 10.3. The maximum absolute atomic E-state index is 13.2. The Morgan fingerprint density at radius 2 is 1.95 bits per heavy atom. The van der Waals surface area contributed by atoms with Gasteiger partial charge in [-0.2, -0.15) is 13.2 Å². The van der Waals surface area contributed by atoms with Gasteiger partial charge in [0.1, 0.15) is 0 Å². The van der Waals surface area contributed by atoms with Gasteiger partial charge in [-0.3, -0.25) is 4.79 Å². The van der Waals surface area contributed by atoms with Crippen molar-refractivity contribution in [2.75, 3.05) is 19.6 Å². The highest BCUT2D eigenvalue weighted by Crippen LogP contribution is 2.35. The molecule has 6 heteroatoms. The standard InChI is InChI=1S/C16H21F3N2O/c1-2-21-7-5-11(6-8-21)9-12-3-4-13(15(20)22)10-14(12)16(17,18)19/h3-4,10-11H,2,5-9H2,1H3,(H2,20,22). The lowest BCUT2D eigenvalue weighted by atomic mass is 9.87. The molecule has 0 aliphatic carbocycles. The molecular weight excluding hydrogens is 293 g/mol. The van der Waals surface area contributed by atoms with Gasteiger partial charge < -0.3 is 10.6 Å². The zero-order chi connectivity index (χ0) is 16.3. The SMILES string of the molecule is CCN1CCC(Cc2ccc(C(N)=O)cc2C(F)(F)F)CC1. The highest BCUT2D eigenvalue weighted by molar-refractivity contribution is 5.93. The second-order valence-electron chi connectivity index (χ2n) is 5.82. The Balaban J connectivity index is 2.18. The topological polar surface area (TPSA) is 46.3 Å². The predicted octanol–water partition coefficient (Wildman–Crippen LogP) is 3.08. The lowest BCUT2D eigenvalue weighted by Crippen LogP contribution is -2.34. The van der Waals surface area contributed by atoms with Crippen LogP contribution in [-0.2, 0) is 12.6 Å². The third-order valence-electron chi connectivity index (χ3n) is 4.36. The largest absolute Gasteiger partial charge is 0.416 e. The first-order valence-electron chi connectivity index (χ1n) is 7.53. The van der Waals surface area contributed by atoms with E-state index in [1.165, 1.54) is 12.1 Å². The molecule has 0 bridgehead atoms. The van der Waals surface area contributed by atoms with E-state index < -0.39 is 17.6 Å². The number of halogens is 3. The maximum Gasteiger partial charge on any atom is 0.416 e. The highest BCUT2D eigenvalue weighted by atomic mass is 19.4. The number of benzene rings is 1. The molecule has 0 radical (unpaired) electrons. The molecule has 1 aliphatic heterocycles. The summed E-state index contributed by atoms with van der Waals surface area (Å²) in [6, 6.07) is 3.65. The fraction of sp³-hybridized carbons (Fsp3) is 0.562. The number of piperidine rings is 1. The molecule has 0 saturated carbocycles. The van der Waals surface area contributed by atoms with E-state index in [1.807, 2.05) is 0 Å². The molecule has 1 fully saturated rings. The molecule has 22 heavy (non-hydrogen) atoms. The van der Waals surface area contributed by atoms with E-state index in [1.54, 1.807) is 0 Å². The van der Waals surface area contributed by atoms with Crippen LogP contribution >= 0.6 is 0 Å². The number of likely N-dealkylation sites (tertiary alicyclic amines) is 1. The third-order valence-corrected chi connectivity index (χ3v) is 4.36. The summed E-state index contributed by atoms with van der Waals surface area (Å²) in [5.41, 5.74) is 4.50. The quantitative estimate of drug-likeness (QED) is 0.928. The van der Waals surface area contributed by atoms with Crippen LogP contribution in [0.5, 0.6) is 0 Å². The van der Waals surface area contributed by atoms with Crippen LogP contribution in [0, 0.1) is 5.92 Å². The Hall–Kier alpha value is -1.56. The fourth-order valence-electron chi connectivity index (χ4n) is 2.99. The van der Waals surface area contributed by atoms with Crippen molar-refractivity contribution in [1.29, 1.82) is 0 Å². The molecule has 0 unspecified atom stereocenters. The minimum Gasteiger partial charge on any atom is -0.366 e. The van der Waals surface area contributed by atoms with Crippen molar-refractivity contribution in [3.05, 3.63) is 34.9 Å². The van der Waals surface area contributed by atoms with Gasteiger partial charge in [0.15, 0.2) is 0 Å². The second kappa shape index (κ2) is 6.69. The average molecular weight is 314 g/mol. The molecule has 122 valence electrons. The minimum atomic E-state index is -4.47. The van der Waals surface area contributed by atoms with Gasteiger partial charge in [0.05, 0.1) is 5.56 Å². The lowest BCUT2D eigenvalue weighted by Gasteiger charge is -2.31. The number of primary amides is 1. The van der Waals surface area contributed by atoms with Crippen LogP contribution in [0.25, 0.3) is 0 Å². The number of nitrogens with two attached hydrogens (primary N) is 1. The number of hydrogen-bond acceptors (Lipinski definition) is 2. The van der Waals surface area contributed by atoms with Crippen LogP contribution in [0.4, 0.5) is 13.2 Å². The minimum absolute atomic E-state index is 0.100. The molecule has 0 aromatic heterocycles. The Bertz CT molecular complexity index is 535. The molecule has 3 nitrogen and oxygen atoms in total. The smallest absolute Gasteiger partial charge is 0.366 e. The van der Waals surface area contributed by atoms with Crippen LogP contribution in [0.1, 0.15) is 41.3 Å². The number of rotatable bonds is 4. The molecule has 0 spiro atoms. The van der Waals surface area contributed by atoms with Gasteiger partial charge in [0.25, 0.3) is 0 Å². The van der Waals surface area contributed by atoms with Crippen molar-refractivity contribution >= 4 is 5.91 Å². The maximum atomic E-state index is 13.2. The van der Waals surface area contributed by atoms with Crippen LogP contribution in [-0.4, -0.2) is 30.4 Å². The molecule has 1 heterocycles. The molecule has 2 N–H and O–H groups in total. The van der Waals surface area contributed by atoms with Gasteiger partial charge in [-0.25, -0.2) is 0 Å². The number of nitrogens with zero attached hydrogens (tertiary/aromatic N) is 1. The van der Waals surface area contributed by atoms with Crippen molar-refractivity contribution in [2.24, 2.45) is 11.7 Å². The van der Waals surface area contributed by atoms with E-state index >= 15 is 0 Å². The van der Waals surface area contributed by atoms with Crippen LogP contribution in [0.15, 0.2) is 18.2 Å². The fourth-order valence-corrected chi connectivity index (χ4v) is 2.99. The van der Waals surface area contributed by atoms with E-state index in [2.05, 4.69) is 11.8 Å². The molecule has 1 aromatic rings. The van der Waals surface area contributed by atoms with Crippen molar-refractivity contribution in [2.45, 2.75) is 32.4 Å². The molecule has 0 atom stereocenters. The average Bonchev–Trinajstić information content (AvgIpc) is 2.47. The van der Waals surface area contributed by atoms with Gasteiger partial charge >= 0.3 is 6.18 Å². The molecule has 1 aliphatic rings. The second-order valence-corrected chi connectivity index (χ2v) is 5.82. The Kier molecular flexibility index (Phi) is 5.11. The Morgan fingerprint density at radius 1 is 1.32 bits per heavy atom. The van der Waals surface area contributed by atoms with Crippen molar-refractivity contribution in [3.8, 4) is 0 Å². The van der Waals surface area contributed by atoms with Gasteiger partial charge in [0, 0.05) is 5.56 Å². The summed E-state index contributed by atoms with van der Waals surface area (Å²) < 4.78 is 39.6. The first kappa shape index (κ1) is 16.8. The van der Waals surface area contributed by atoms with Gasteiger partial charge in [-0.1, -0.05) is 13.0 Å². The van der Waals surface area contributed by atoms with Crippen LogP contribution in [0.2, 0.25) is 0 Å². The summed E-state index contributed by atoms with van der Waals surface area (Å²) in [6.07, 6.45) is -2.26. The summed E-state index contributed by atoms with van der Waals surface area (Å²) in [5, 5.41) is 0. The number of alkyl halides is 3. The number of hydrogen-bond donors (Lipinski definition) is 1. The monoisotopic (exact) mass is 314 g/mol. The van der Waals surface area contributed by atoms with Crippen molar-refractivity contribution in [1.82, 2.24) is 4.90 Å². The van der Waals surface area contributed by atoms with E-state index in [4.69, 9.17) is 5.73 Å². The van der Waals surface area contributed by atoms with Gasteiger partial charge in [-0.15, -0.1) is 0 Å². The van der Waals surface area contributed by atoms with E-state index in [0.717, 1.165) is 38.5 Å². The first-order valence-corrected chi connectivity index (χ1v) is 7.53. The normalized spacial score (nSPS) is 17.6. The summed E-state index contributed by atoms with van der Waals surface area (Å²) in [6.45, 7) is 4.93. The summed E-state index contributed by atoms with van der Waals surface area (Å²) in [4.78, 5) is 13.4.